The Morgan fingerprint density at radius 1 is 0.303 bits per heavy atom. The summed E-state index contributed by atoms with van der Waals surface area (Å²) in [4.78, 5) is 2.58. The van der Waals surface area contributed by atoms with Gasteiger partial charge in [0.25, 0.3) is 0 Å². The van der Waals surface area contributed by atoms with Gasteiger partial charge in [-0.3, -0.25) is 0 Å². The average Bonchev–Trinajstić information content (AvgIpc) is 3.79. The van der Waals surface area contributed by atoms with Crippen LogP contribution in [0.15, 0.2) is 176 Å². The van der Waals surface area contributed by atoms with Crippen LogP contribution in [-0.2, 0) is 27.1 Å². The Hall–Kier alpha value is -6.44. The summed E-state index contributed by atoms with van der Waals surface area (Å²) >= 11 is 0. The van der Waals surface area contributed by atoms with Crippen LogP contribution in [-0.4, -0.2) is 0 Å². The molecule has 0 amide bonds. The molecule has 0 radical (unpaired) electrons. The molecule has 0 aliphatic heterocycles. The maximum atomic E-state index is 2.62. The summed E-state index contributed by atoms with van der Waals surface area (Å²) in [5.41, 5.74) is 25.2. The fourth-order valence-corrected chi connectivity index (χ4v) is 13.1. The molecule has 0 bridgehead atoms. The van der Waals surface area contributed by atoms with E-state index in [1.807, 2.05) is 0 Å². The van der Waals surface area contributed by atoms with Crippen molar-refractivity contribution in [3.63, 3.8) is 0 Å². The minimum absolute atomic E-state index is 0.00746. The molecule has 326 valence electrons. The van der Waals surface area contributed by atoms with Crippen LogP contribution in [0.4, 0.5) is 17.1 Å². The van der Waals surface area contributed by atoms with Crippen LogP contribution in [0.5, 0.6) is 0 Å². The third kappa shape index (κ3) is 5.84. The molecule has 1 nitrogen and oxygen atoms in total. The number of hydrogen-bond donors (Lipinski definition) is 0. The largest absolute Gasteiger partial charge is 0.310 e. The van der Waals surface area contributed by atoms with E-state index < -0.39 is 5.41 Å². The first-order valence-corrected chi connectivity index (χ1v) is 24.4. The van der Waals surface area contributed by atoms with E-state index in [9.17, 15) is 0 Å². The zero-order valence-electron chi connectivity index (χ0n) is 40.0. The van der Waals surface area contributed by atoms with Gasteiger partial charge in [-0.1, -0.05) is 195 Å². The summed E-state index contributed by atoms with van der Waals surface area (Å²) in [6.07, 6.45) is 4.71. The zero-order valence-corrected chi connectivity index (χ0v) is 40.0. The molecule has 12 rings (SSSR count). The van der Waals surface area contributed by atoms with E-state index in [0.717, 1.165) is 17.8 Å². The minimum Gasteiger partial charge on any atom is -0.310 e. The maximum Gasteiger partial charge on any atom is 0.0726 e. The van der Waals surface area contributed by atoms with Gasteiger partial charge in [-0.15, -0.1) is 0 Å². The Bertz CT molecular complexity index is 3220. The second kappa shape index (κ2) is 14.3. The van der Waals surface area contributed by atoms with Gasteiger partial charge in [0.1, 0.15) is 0 Å². The fourth-order valence-electron chi connectivity index (χ4n) is 13.1. The number of para-hydroxylation sites is 1. The number of benzene rings is 8. The standard InChI is InChI=1S/C65H61N/c1-61(2)34-35-63(5,6)58-39-43(32-33-55(58)61)42-20-18-23-45(38-42)66(44-21-10-9-11-22-44)59-41-57-50(40-51(59)49-27-19-31-56-60(49)64(7,8)37-36-62(56,3)4)48-26-14-17-30-54(48)65(57)52-28-15-12-24-46(52)47-25-13-16-29-53(47)65/h9-33,38-41H,34-37H2,1-8H3. The summed E-state index contributed by atoms with van der Waals surface area (Å²) in [7, 11) is 0. The second-order valence-electron chi connectivity index (χ2n) is 22.5. The molecule has 4 aliphatic rings. The van der Waals surface area contributed by atoms with Gasteiger partial charge in [0.2, 0.25) is 0 Å². The molecule has 66 heavy (non-hydrogen) atoms. The molecule has 0 N–H and O–H groups in total. The molecule has 1 spiro atoms. The van der Waals surface area contributed by atoms with Crippen LogP contribution >= 0.6 is 0 Å². The Morgan fingerprint density at radius 2 is 0.788 bits per heavy atom. The van der Waals surface area contributed by atoms with E-state index in [-0.39, 0.29) is 21.7 Å². The molecule has 0 unspecified atom stereocenters. The Balaban J connectivity index is 1.18. The van der Waals surface area contributed by atoms with Crippen LogP contribution in [0.25, 0.3) is 44.5 Å². The average molecular weight is 856 g/mol. The van der Waals surface area contributed by atoms with E-state index in [0.29, 0.717) is 0 Å². The van der Waals surface area contributed by atoms with Crippen molar-refractivity contribution < 1.29 is 0 Å². The fraction of sp³-hybridized carbons (Fsp3) is 0.262. The lowest BCUT2D eigenvalue weighted by molar-refractivity contribution is 0.332. The topological polar surface area (TPSA) is 3.24 Å². The molecule has 8 aromatic carbocycles. The first kappa shape index (κ1) is 41.0. The summed E-state index contributed by atoms with van der Waals surface area (Å²) in [6, 6.07) is 67.9. The first-order valence-electron chi connectivity index (χ1n) is 24.4. The number of hydrogen-bond acceptors (Lipinski definition) is 1. The van der Waals surface area contributed by atoms with Gasteiger partial charge in [0, 0.05) is 16.9 Å². The van der Waals surface area contributed by atoms with Crippen molar-refractivity contribution in [2.24, 2.45) is 0 Å². The molecular weight excluding hydrogens is 795 g/mol. The third-order valence-electron chi connectivity index (χ3n) is 16.8. The van der Waals surface area contributed by atoms with Crippen LogP contribution in [0, 0.1) is 0 Å². The molecular formula is C65H61N. The van der Waals surface area contributed by atoms with Crippen LogP contribution < -0.4 is 4.90 Å². The van der Waals surface area contributed by atoms with E-state index in [1.165, 1.54) is 114 Å². The Kier molecular flexibility index (Phi) is 8.88. The van der Waals surface area contributed by atoms with Gasteiger partial charge in [-0.2, -0.15) is 0 Å². The number of nitrogens with zero attached hydrogens (tertiary/aromatic N) is 1. The van der Waals surface area contributed by atoms with E-state index in [1.54, 1.807) is 0 Å². The van der Waals surface area contributed by atoms with Crippen molar-refractivity contribution in [3.8, 4) is 44.5 Å². The van der Waals surface area contributed by atoms with Gasteiger partial charge in [-0.25, -0.2) is 0 Å². The molecule has 0 aromatic heterocycles. The summed E-state index contributed by atoms with van der Waals surface area (Å²) in [5.74, 6) is 0. The molecule has 4 aliphatic carbocycles. The highest BCUT2D eigenvalue weighted by molar-refractivity contribution is 6.01. The molecule has 0 saturated heterocycles. The predicted octanol–water partition coefficient (Wildman–Crippen LogP) is 17.5. The summed E-state index contributed by atoms with van der Waals surface area (Å²) in [6.45, 7) is 19.6. The highest BCUT2D eigenvalue weighted by Gasteiger charge is 2.52. The Morgan fingerprint density at radius 3 is 1.44 bits per heavy atom. The number of anilines is 3. The first-order chi connectivity index (χ1) is 31.7. The lowest BCUT2D eigenvalue weighted by atomic mass is 9.61. The van der Waals surface area contributed by atoms with Gasteiger partial charge in [-0.05, 0) is 167 Å². The summed E-state index contributed by atoms with van der Waals surface area (Å²) in [5, 5.41) is 0. The van der Waals surface area contributed by atoms with Crippen molar-refractivity contribution in [1.82, 2.24) is 0 Å². The van der Waals surface area contributed by atoms with Gasteiger partial charge in [0.15, 0.2) is 0 Å². The van der Waals surface area contributed by atoms with Crippen molar-refractivity contribution in [2.75, 3.05) is 4.90 Å². The zero-order chi connectivity index (χ0) is 45.4. The minimum atomic E-state index is -0.475. The lowest BCUT2D eigenvalue weighted by Crippen LogP contribution is -2.34. The van der Waals surface area contributed by atoms with Gasteiger partial charge < -0.3 is 4.90 Å². The molecule has 0 fully saturated rings. The van der Waals surface area contributed by atoms with E-state index >= 15 is 0 Å². The molecule has 0 saturated carbocycles. The Labute approximate surface area is 393 Å². The van der Waals surface area contributed by atoms with Crippen molar-refractivity contribution in [1.29, 1.82) is 0 Å². The van der Waals surface area contributed by atoms with Crippen molar-refractivity contribution in [3.05, 3.63) is 220 Å². The van der Waals surface area contributed by atoms with Crippen molar-refractivity contribution in [2.45, 2.75) is 108 Å². The number of rotatable bonds is 5. The molecule has 0 heterocycles. The molecule has 0 atom stereocenters. The summed E-state index contributed by atoms with van der Waals surface area (Å²) < 4.78 is 0. The monoisotopic (exact) mass is 855 g/mol. The quantitative estimate of drug-likeness (QED) is 0.167. The van der Waals surface area contributed by atoms with E-state index in [4.69, 9.17) is 0 Å². The third-order valence-corrected chi connectivity index (χ3v) is 16.8. The van der Waals surface area contributed by atoms with Crippen LogP contribution in [0.2, 0.25) is 0 Å². The van der Waals surface area contributed by atoms with Gasteiger partial charge in [0.05, 0.1) is 11.1 Å². The predicted molar refractivity (Wildman–Crippen MR) is 279 cm³/mol. The van der Waals surface area contributed by atoms with Gasteiger partial charge >= 0.3 is 0 Å². The smallest absolute Gasteiger partial charge is 0.0726 e. The van der Waals surface area contributed by atoms with Crippen molar-refractivity contribution >= 4 is 17.1 Å². The second-order valence-corrected chi connectivity index (χ2v) is 22.5. The molecule has 8 aromatic rings. The van der Waals surface area contributed by atoms with Crippen LogP contribution in [0.3, 0.4) is 0 Å². The molecule has 1 heteroatoms. The maximum absolute atomic E-state index is 2.62. The highest BCUT2D eigenvalue weighted by Crippen LogP contribution is 2.65. The van der Waals surface area contributed by atoms with Crippen LogP contribution in [0.1, 0.15) is 126 Å². The van der Waals surface area contributed by atoms with E-state index in [2.05, 4.69) is 236 Å². The number of fused-ring (bicyclic) bond motifs is 12. The highest BCUT2D eigenvalue weighted by atomic mass is 15.1. The normalized spacial score (nSPS) is 18.1. The SMILES string of the molecule is CC1(C)CCC(C)(C)c2cc(-c3cccc(N(c4ccccc4)c4cc5c(cc4-c4cccc6c4C(C)(C)CCC6(C)C)-c4ccccc4C54c5ccccc5-c5ccccc54)c3)ccc21. The lowest BCUT2D eigenvalue weighted by Gasteiger charge is -2.43.